The minimum atomic E-state index is -0.361. The average molecular weight is 481 g/mol. The van der Waals surface area contributed by atoms with E-state index in [0.29, 0.717) is 11.8 Å². The van der Waals surface area contributed by atoms with E-state index in [0.717, 1.165) is 0 Å². The lowest BCUT2D eigenvalue weighted by atomic mass is 9.67. The summed E-state index contributed by atoms with van der Waals surface area (Å²) in [5, 5.41) is 2.69. The van der Waals surface area contributed by atoms with Crippen molar-refractivity contribution in [3.8, 4) is 11.1 Å². The second kappa shape index (κ2) is 8.73. The molecule has 0 amide bonds. The average Bonchev–Trinajstić information content (AvgIpc) is 3.19. The van der Waals surface area contributed by atoms with Gasteiger partial charge in [-0.1, -0.05) is 130 Å². The van der Waals surface area contributed by atoms with Crippen molar-refractivity contribution in [3.63, 3.8) is 0 Å². The molecule has 0 heteroatoms. The Hall–Kier alpha value is -3.64. The highest BCUT2D eigenvalue weighted by Gasteiger charge is 2.46. The second-order valence-electron chi connectivity index (χ2n) is 11.5. The lowest BCUT2D eigenvalue weighted by Gasteiger charge is -2.34. The van der Waals surface area contributed by atoms with Crippen LogP contribution in [0.2, 0.25) is 0 Å². The van der Waals surface area contributed by atoms with Crippen LogP contribution in [0.5, 0.6) is 0 Å². The Morgan fingerprint density at radius 2 is 1.14 bits per heavy atom. The summed E-state index contributed by atoms with van der Waals surface area (Å²) in [6.07, 6.45) is 0. The standard InChI is InChI=1S/C37H36/c1-23(2)27-11-15-29(16-12-27)37(30-17-13-28(14-18-30)24(3)4)34-21-20-31-26(6)8-7-9-32(31)36(34)33-19-10-25(5)22-35(33)37/h7-24H,1-6H3. The van der Waals surface area contributed by atoms with Crippen LogP contribution >= 0.6 is 0 Å². The van der Waals surface area contributed by atoms with Gasteiger partial charge in [-0.15, -0.1) is 0 Å². The molecule has 0 fully saturated rings. The fourth-order valence-corrected chi connectivity index (χ4v) is 6.47. The van der Waals surface area contributed by atoms with E-state index in [1.807, 2.05) is 0 Å². The molecule has 0 heterocycles. The first kappa shape index (κ1) is 23.7. The normalized spacial score (nSPS) is 13.8. The first-order valence-corrected chi connectivity index (χ1v) is 13.7. The molecule has 0 N–H and O–H groups in total. The number of fused-ring (bicyclic) bond motifs is 5. The molecule has 1 aliphatic carbocycles. The van der Waals surface area contributed by atoms with Crippen molar-refractivity contribution >= 4 is 10.8 Å². The molecule has 0 nitrogen and oxygen atoms in total. The van der Waals surface area contributed by atoms with E-state index in [-0.39, 0.29) is 5.41 Å². The van der Waals surface area contributed by atoms with E-state index >= 15 is 0 Å². The van der Waals surface area contributed by atoms with Gasteiger partial charge < -0.3 is 0 Å². The van der Waals surface area contributed by atoms with Crippen molar-refractivity contribution in [2.45, 2.75) is 58.8 Å². The molecule has 0 radical (unpaired) electrons. The van der Waals surface area contributed by atoms with Crippen LogP contribution in [-0.4, -0.2) is 0 Å². The monoisotopic (exact) mass is 480 g/mol. The molecule has 6 rings (SSSR count). The van der Waals surface area contributed by atoms with Gasteiger partial charge in [0.2, 0.25) is 0 Å². The number of hydrogen-bond acceptors (Lipinski definition) is 0. The van der Waals surface area contributed by atoms with Crippen LogP contribution in [0.3, 0.4) is 0 Å². The van der Waals surface area contributed by atoms with Crippen LogP contribution in [-0.2, 0) is 5.41 Å². The van der Waals surface area contributed by atoms with Gasteiger partial charge in [0.05, 0.1) is 5.41 Å². The van der Waals surface area contributed by atoms with Crippen molar-refractivity contribution in [1.29, 1.82) is 0 Å². The minimum Gasteiger partial charge on any atom is -0.0613 e. The van der Waals surface area contributed by atoms with E-state index in [9.17, 15) is 0 Å². The van der Waals surface area contributed by atoms with E-state index in [4.69, 9.17) is 0 Å². The Balaban J connectivity index is 1.77. The van der Waals surface area contributed by atoms with Gasteiger partial charge in [0.25, 0.3) is 0 Å². The van der Waals surface area contributed by atoms with E-state index in [1.165, 1.54) is 66.4 Å². The molecule has 0 saturated carbocycles. The largest absolute Gasteiger partial charge is 0.0713 e. The van der Waals surface area contributed by atoms with Crippen molar-refractivity contribution in [2.75, 3.05) is 0 Å². The molecular weight excluding hydrogens is 444 g/mol. The van der Waals surface area contributed by atoms with Crippen LogP contribution in [0, 0.1) is 13.8 Å². The van der Waals surface area contributed by atoms with Gasteiger partial charge in [-0.05, 0) is 86.5 Å². The highest BCUT2D eigenvalue weighted by Crippen LogP contribution is 2.58. The molecular formula is C37H36. The number of benzene rings is 5. The zero-order valence-electron chi connectivity index (χ0n) is 22.9. The molecule has 0 aromatic heterocycles. The topological polar surface area (TPSA) is 0 Å². The summed E-state index contributed by atoms with van der Waals surface area (Å²) in [6.45, 7) is 13.5. The predicted molar refractivity (Wildman–Crippen MR) is 159 cm³/mol. The quantitative estimate of drug-likeness (QED) is 0.235. The van der Waals surface area contributed by atoms with Gasteiger partial charge in [0, 0.05) is 0 Å². The lowest BCUT2D eigenvalue weighted by Crippen LogP contribution is -2.28. The van der Waals surface area contributed by atoms with Gasteiger partial charge in [0.15, 0.2) is 0 Å². The maximum atomic E-state index is 2.43. The van der Waals surface area contributed by atoms with Crippen molar-refractivity contribution in [2.24, 2.45) is 0 Å². The molecule has 0 atom stereocenters. The van der Waals surface area contributed by atoms with Gasteiger partial charge in [-0.25, -0.2) is 0 Å². The van der Waals surface area contributed by atoms with Crippen molar-refractivity contribution in [1.82, 2.24) is 0 Å². The molecule has 5 aromatic rings. The molecule has 0 aliphatic heterocycles. The Morgan fingerprint density at radius 3 is 1.70 bits per heavy atom. The van der Waals surface area contributed by atoms with Crippen LogP contribution in [0.1, 0.15) is 84.0 Å². The van der Waals surface area contributed by atoms with Gasteiger partial charge in [-0.2, -0.15) is 0 Å². The first-order valence-electron chi connectivity index (χ1n) is 13.7. The Kier molecular flexibility index (Phi) is 5.60. The van der Waals surface area contributed by atoms with Gasteiger partial charge >= 0.3 is 0 Å². The van der Waals surface area contributed by atoms with Crippen LogP contribution in [0.4, 0.5) is 0 Å². The van der Waals surface area contributed by atoms with E-state index < -0.39 is 0 Å². The van der Waals surface area contributed by atoms with Crippen LogP contribution in [0.15, 0.2) is 97.1 Å². The molecule has 1 aliphatic rings. The van der Waals surface area contributed by atoms with Crippen molar-refractivity contribution < 1.29 is 0 Å². The third kappa shape index (κ3) is 3.50. The molecule has 5 aromatic carbocycles. The highest BCUT2D eigenvalue weighted by molar-refractivity contribution is 6.05. The first-order chi connectivity index (χ1) is 17.8. The molecule has 0 spiro atoms. The Labute approximate surface area is 222 Å². The Bertz CT molecular complexity index is 1560. The van der Waals surface area contributed by atoms with Crippen LogP contribution < -0.4 is 0 Å². The number of aryl methyl sites for hydroxylation is 2. The molecule has 0 saturated heterocycles. The summed E-state index contributed by atoms with van der Waals surface area (Å²) in [4.78, 5) is 0. The van der Waals surface area contributed by atoms with Crippen molar-refractivity contribution in [3.05, 3.63) is 142 Å². The second-order valence-corrected chi connectivity index (χ2v) is 11.5. The van der Waals surface area contributed by atoms with E-state index in [1.54, 1.807) is 0 Å². The number of rotatable bonds is 4. The summed E-state index contributed by atoms with van der Waals surface area (Å²) in [6, 6.07) is 37.4. The molecule has 0 bridgehead atoms. The maximum Gasteiger partial charge on any atom is 0.0713 e. The summed E-state index contributed by atoms with van der Waals surface area (Å²) in [5.41, 5.74) is 13.2. The summed E-state index contributed by atoms with van der Waals surface area (Å²) in [5.74, 6) is 1.01. The fraction of sp³-hybridized carbons (Fsp3) is 0.243. The third-order valence-electron chi connectivity index (χ3n) is 8.55. The smallest absolute Gasteiger partial charge is 0.0613 e. The van der Waals surface area contributed by atoms with Gasteiger partial charge in [0.1, 0.15) is 0 Å². The summed E-state index contributed by atoms with van der Waals surface area (Å²) < 4.78 is 0. The zero-order chi connectivity index (χ0) is 25.9. The molecule has 0 unspecified atom stereocenters. The van der Waals surface area contributed by atoms with Gasteiger partial charge in [-0.3, -0.25) is 0 Å². The number of hydrogen-bond donors (Lipinski definition) is 0. The van der Waals surface area contributed by atoms with Crippen LogP contribution in [0.25, 0.3) is 21.9 Å². The molecule has 37 heavy (non-hydrogen) atoms. The van der Waals surface area contributed by atoms with E-state index in [2.05, 4.69) is 139 Å². The zero-order valence-corrected chi connectivity index (χ0v) is 22.9. The third-order valence-corrected chi connectivity index (χ3v) is 8.55. The summed E-state index contributed by atoms with van der Waals surface area (Å²) in [7, 11) is 0. The molecule has 184 valence electrons. The summed E-state index contributed by atoms with van der Waals surface area (Å²) >= 11 is 0. The highest BCUT2D eigenvalue weighted by atomic mass is 14.5. The minimum absolute atomic E-state index is 0.361. The SMILES string of the molecule is Cc1ccc2c(c1)C(c1ccc(C(C)C)cc1)(c1ccc(C(C)C)cc1)c1ccc3c(C)cccc3c1-2. The maximum absolute atomic E-state index is 2.43. The Morgan fingerprint density at radius 1 is 0.541 bits per heavy atom. The fourth-order valence-electron chi connectivity index (χ4n) is 6.47. The lowest BCUT2D eigenvalue weighted by molar-refractivity contribution is 0.761. The predicted octanol–water partition coefficient (Wildman–Crippen LogP) is 10.1.